The molecule has 0 radical (unpaired) electrons. The first kappa shape index (κ1) is 23.5. The molecule has 1 aliphatic heterocycles. The van der Waals surface area contributed by atoms with Crippen LogP contribution in [-0.4, -0.2) is 39.5 Å². The van der Waals surface area contributed by atoms with E-state index in [0.29, 0.717) is 30.9 Å². The van der Waals surface area contributed by atoms with Crippen LogP contribution in [0.4, 0.5) is 9.18 Å². The Hall–Kier alpha value is -3.68. The molecule has 1 aromatic heterocycles. The van der Waals surface area contributed by atoms with Crippen LogP contribution in [-0.2, 0) is 11.8 Å². The molecule has 4 rings (SSSR count). The number of aromatic nitrogens is 2. The van der Waals surface area contributed by atoms with Gasteiger partial charge in [0, 0.05) is 39.0 Å². The third kappa shape index (κ3) is 5.81. The predicted octanol–water partition coefficient (Wildman–Crippen LogP) is 4.09. The second-order valence-corrected chi connectivity index (χ2v) is 8.62. The summed E-state index contributed by atoms with van der Waals surface area (Å²) in [5, 5.41) is 6.00. The van der Waals surface area contributed by atoms with E-state index in [1.54, 1.807) is 29.1 Å². The molecule has 3 amide bonds. The van der Waals surface area contributed by atoms with Crippen LogP contribution in [0.1, 0.15) is 54.7 Å². The number of carbonyl (C=O) groups excluding carboxylic acids is 2. The van der Waals surface area contributed by atoms with Crippen LogP contribution in [0.2, 0.25) is 0 Å². The smallest absolute Gasteiger partial charge is 0.316 e. The summed E-state index contributed by atoms with van der Waals surface area (Å²) in [4.78, 5) is 32.1. The minimum atomic E-state index is -0.646. The van der Waals surface area contributed by atoms with Crippen LogP contribution in [0.25, 0.3) is 0 Å². The summed E-state index contributed by atoms with van der Waals surface area (Å²) in [6.45, 7) is 1.08. The van der Waals surface area contributed by atoms with Crippen molar-refractivity contribution in [2.45, 2.75) is 37.8 Å². The maximum atomic E-state index is 14.0. The summed E-state index contributed by atoms with van der Waals surface area (Å²) in [5.41, 5.74) is 1.50. The van der Waals surface area contributed by atoms with Crippen LogP contribution in [0.3, 0.4) is 0 Å². The van der Waals surface area contributed by atoms with Gasteiger partial charge in [-0.2, -0.15) is 0 Å². The Morgan fingerprint density at radius 3 is 2.59 bits per heavy atom. The first-order valence-corrected chi connectivity index (χ1v) is 11.6. The summed E-state index contributed by atoms with van der Waals surface area (Å²) in [6, 6.07) is 14.3. The number of hydrogen-bond acceptors (Lipinski definition) is 3. The van der Waals surface area contributed by atoms with E-state index in [1.165, 1.54) is 12.1 Å². The second-order valence-electron chi connectivity index (χ2n) is 8.62. The minimum Gasteiger partial charge on any atom is -0.340 e. The third-order valence-electron chi connectivity index (χ3n) is 6.16. The zero-order valence-corrected chi connectivity index (χ0v) is 19.3. The highest BCUT2D eigenvalue weighted by molar-refractivity contribution is 5.77. The number of rotatable bonds is 7. The van der Waals surface area contributed by atoms with Crippen molar-refractivity contribution in [3.63, 3.8) is 0 Å². The van der Waals surface area contributed by atoms with Gasteiger partial charge in [-0.3, -0.25) is 4.79 Å². The normalized spacial score (nSPS) is 15.9. The van der Waals surface area contributed by atoms with Crippen molar-refractivity contribution in [1.82, 2.24) is 25.1 Å². The number of benzene rings is 2. The number of likely N-dealkylation sites (tertiary alicyclic amines) is 1. The molecule has 8 heteroatoms. The van der Waals surface area contributed by atoms with Gasteiger partial charge in [-0.25, -0.2) is 14.2 Å². The highest BCUT2D eigenvalue weighted by Crippen LogP contribution is 2.22. The van der Waals surface area contributed by atoms with E-state index in [-0.39, 0.29) is 11.7 Å². The van der Waals surface area contributed by atoms with Gasteiger partial charge in [0.15, 0.2) is 0 Å². The topological polar surface area (TPSA) is 79.3 Å². The number of hydrogen-bond donors (Lipinski definition) is 2. The van der Waals surface area contributed by atoms with Crippen LogP contribution >= 0.6 is 0 Å². The van der Waals surface area contributed by atoms with E-state index in [1.807, 2.05) is 42.3 Å². The highest BCUT2D eigenvalue weighted by Gasteiger charge is 2.26. The molecule has 2 heterocycles. The van der Waals surface area contributed by atoms with Gasteiger partial charge in [-0.05, 0) is 36.1 Å². The van der Waals surface area contributed by atoms with Crippen LogP contribution in [0.15, 0.2) is 67.0 Å². The van der Waals surface area contributed by atoms with Crippen molar-refractivity contribution in [3.05, 3.63) is 89.8 Å². The van der Waals surface area contributed by atoms with Crippen molar-refractivity contribution in [2.24, 2.45) is 7.05 Å². The van der Waals surface area contributed by atoms with Gasteiger partial charge in [0.25, 0.3) is 0 Å². The Labute approximate surface area is 199 Å². The molecule has 178 valence electrons. The molecule has 2 aromatic carbocycles. The third-order valence-corrected chi connectivity index (χ3v) is 6.16. The fraction of sp³-hybridized carbons (Fsp3) is 0.346. The van der Waals surface area contributed by atoms with Crippen molar-refractivity contribution >= 4 is 11.9 Å². The number of nitrogens with zero attached hydrogens (tertiary/aromatic N) is 3. The Balaban J connectivity index is 1.56. The van der Waals surface area contributed by atoms with Crippen LogP contribution in [0, 0.1) is 5.82 Å². The lowest BCUT2D eigenvalue weighted by molar-refractivity contribution is -0.131. The van der Waals surface area contributed by atoms with Gasteiger partial charge in [0.05, 0.1) is 6.04 Å². The lowest BCUT2D eigenvalue weighted by Crippen LogP contribution is -2.45. The van der Waals surface area contributed by atoms with E-state index in [9.17, 15) is 14.0 Å². The Morgan fingerprint density at radius 2 is 1.85 bits per heavy atom. The quantitative estimate of drug-likeness (QED) is 0.554. The van der Waals surface area contributed by atoms with Gasteiger partial charge in [0.1, 0.15) is 17.7 Å². The lowest BCUT2D eigenvalue weighted by Gasteiger charge is -2.28. The summed E-state index contributed by atoms with van der Waals surface area (Å²) in [5.74, 6) is 0.312. The molecule has 7 nitrogen and oxygen atoms in total. The van der Waals surface area contributed by atoms with Gasteiger partial charge < -0.3 is 20.1 Å². The molecule has 0 aliphatic carbocycles. The van der Waals surface area contributed by atoms with Gasteiger partial charge >= 0.3 is 6.03 Å². The molecule has 2 atom stereocenters. The van der Waals surface area contributed by atoms with Gasteiger partial charge in [0.2, 0.25) is 5.91 Å². The molecule has 1 fully saturated rings. The number of urea groups is 1. The number of nitrogens with one attached hydrogen (secondary N) is 2. The highest BCUT2D eigenvalue weighted by atomic mass is 19.1. The molecule has 2 unspecified atom stereocenters. The molecular formula is C26H30FN5O2. The molecule has 1 aliphatic rings. The average molecular weight is 464 g/mol. The van der Waals surface area contributed by atoms with E-state index in [0.717, 1.165) is 24.8 Å². The summed E-state index contributed by atoms with van der Waals surface area (Å²) in [6.07, 6.45) is 6.84. The maximum absolute atomic E-state index is 14.0. The molecule has 0 spiro atoms. The maximum Gasteiger partial charge on any atom is 0.316 e. The first-order chi connectivity index (χ1) is 16.5. The Bertz CT molecular complexity index is 1120. The first-order valence-electron chi connectivity index (χ1n) is 11.6. The monoisotopic (exact) mass is 463 g/mol. The molecule has 3 aromatic rings. The summed E-state index contributed by atoms with van der Waals surface area (Å²) < 4.78 is 15.8. The van der Waals surface area contributed by atoms with Crippen molar-refractivity contribution in [1.29, 1.82) is 0 Å². The van der Waals surface area contributed by atoms with E-state index < -0.39 is 18.1 Å². The fourth-order valence-corrected chi connectivity index (χ4v) is 4.34. The van der Waals surface area contributed by atoms with Crippen molar-refractivity contribution < 1.29 is 14.0 Å². The Morgan fingerprint density at radius 1 is 1.06 bits per heavy atom. The minimum absolute atomic E-state index is 0.117. The average Bonchev–Trinajstić information content (AvgIpc) is 3.16. The van der Waals surface area contributed by atoms with E-state index in [4.69, 9.17) is 0 Å². The van der Waals surface area contributed by atoms with Crippen molar-refractivity contribution in [3.8, 4) is 0 Å². The number of aryl methyl sites for hydroxylation is 1. The zero-order chi connectivity index (χ0) is 23.9. The second kappa shape index (κ2) is 11.0. The molecule has 34 heavy (non-hydrogen) atoms. The number of carbonyl (C=O) groups is 2. The number of imidazole rings is 1. The molecule has 1 saturated heterocycles. The van der Waals surface area contributed by atoms with E-state index in [2.05, 4.69) is 15.6 Å². The van der Waals surface area contributed by atoms with Gasteiger partial charge in [-0.1, -0.05) is 48.9 Å². The molecule has 0 bridgehead atoms. The number of halogens is 1. The largest absolute Gasteiger partial charge is 0.340 e. The zero-order valence-electron chi connectivity index (χ0n) is 19.3. The molecule has 0 saturated carbocycles. The van der Waals surface area contributed by atoms with Crippen molar-refractivity contribution in [2.75, 3.05) is 13.1 Å². The number of amides is 3. The lowest BCUT2D eigenvalue weighted by atomic mass is 10.1. The predicted molar refractivity (Wildman–Crippen MR) is 127 cm³/mol. The molecular weight excluding hydrogens is 433 g/mol. The fourth-order valence-electron chi connectivity index (χ4n) is 4.34. The molecule has 2 N–H and O–H groups in total. The van der Waals surface area contributed by atoms with Gasteiger partial charge in [-0.15, -0.1) is 0 Å². The Kier molecular flexibility index (Phi) is 7.57. The standard InChI is InChI=1S/C26H30FN5O2/c1-31-16-14-28-25(31)24(20-11-8-12-21(27)17-20)30-26(34)29-22(19-9-4-2-5-10-19)18-32-15-7-3-6-13-23(32)33/h2,4-5,8-12,14,16-17,22,24H,3,6-7,13,15,18H2,1H3,(H2,29,30,34). The summed E-state index contributed by atoms with van der Waals surface area (Å²) >= 11 is 0. The van der Waals surface area contributed by atoms with Crippen LogP contribution < -0.4 is 10.6 Å². The van der Waals surface area contributed by atoms with Crippen LogP contribution in [0.5, 0.6) is 0 Å². The van der Waals surface area contributed by atoms with E-state index >= 15 is 0 Å². The SMILES string of the molecule is Cn1ccnc1C(NC(=O)NC(CN1CCCCCC1=O)c1ccccc1)c1cccc(F)c1. The summed E-state index contributed by atoms with van der Waals surface area (Å²) in [7, 11) is 1.83.